The fraction of sp³-hybridized carbons (Fsp3) is 0.471. The Morgan fingerprint density at radius 1 is 1.22 bits per heavy atom. The SMILES string of the molecule is CC(=O)Nc1cccc(CC(=O)NCC(CC(C)C)C(=O)O)c1. The smallest absolute Gasteiger partial charge is 0.308 e. The third kappa shape index (κ3) is 7.44. The molecule has 0 fully saturated rings. The number of amides is 2. The second-order valence-electron chi connectivity index (χ2n) is 6.03. The molecular formula is C17H24N2O4. The first-order valence-corrected chi connectivity index (χ1v) is 7.64. The van der Waals surface area contributed by atoms with Crippen LogP contribution in [0.3, 0.4) is 0 Å². The highest BCUT2D eigenvalue weighted by molar-refractivity contribution is 5.89. The number of nitrogens with one attached hydrogen (secondary N) is 2. The van der Waals surface area contributed by atoms with Gasteiger partial charge in [0, 0.05) is 19.2 Å². The molecule has 1 atom stereocenters. The average molecular weight is 320 g/mol. The minimum atomic E-state index is -0.897. The van der Waals surface area contributed by atoms with E-state index in [9.17, 15) is 14.4 Å². The average Bonchev–Trinajstić information content (AvgIpc) is 2.42. The van der Waals surface area contributed by atoms with E-state index in [1.165, 1.54) is 6.92 Å². The highest BCUT2D eigenvalue weighted by Crippen LogP contribution is 2.13. The predicted molar refractivity (Wildman–Crippen MR) is 88.0 cm³/mol. The normalized spacial score (nSPS) is 11.8. The first-order valence-electron chi connectivity index (χ1n) is 7.64. The fourth-order valence-electron chi connectivity index (χ4n) is 2.29. The first kappa shape index (κ1) is 18.7. The summed E-state index contributed by atoms with van der Waals surface area (Å²) >= 11 is 0. The third-order valence-corrected chi connectivity index (χ3v) is 3.26. The van der Waals surface area contributed by atoms with Crippen molar-refractivity contribution in [1.82, 2.24) is 5.32 Å². The third-order valence-electron chi connectivity index (χ3n) is 3.26. The van der Waals surface area contributed by atoms with E-state index in [1.54, 1.807) is 24.3 Å². The standard InChI is InChI=1S/C17H24N2O4/c1-11(2)7-14(17(22)23)10-18-16(21)9-13-5-4-6-15(8-13)19-12(3)20/h4-6,8,11,14H,7,9-10H2,1-3H3,(H,18,21)(H,19,20)(H,22,23). The van der Waals surface area contributed by atoms with Crippen LogP contribution in [0.15, 0.2) is 24.3 Å². The molecule has 0 spiro atoms. The van der Waals surface area contributed by atoms with Gasteiger partial charge in [0.2, 0.25) is 11.8 Å². The summed E-state index contributed by atoms with van der Waals surface area (Å²) in [6.07, 6.45) is 0.662. The molecule has 1 rings (SSSR count). The Morgan fingerprint density at radius 3 is 2.48 bits per heavy atom. The van der Waals surface area contributed by atoms with Crippen molar-refractivity contribution in [1.29, 1.82) is 0 Å². The van der Waals surface area contributed by atoms with E-state index in [2.05, 4.69) is 10.6 Å². The number of anilines is 1. The van der Waals surface area contributed by atoms with Crippen LogP contribution in [0.2, 0.25) is 0 Å². The van der Waals surface area contributed by atoms with Crippen molar-refractivity contribution in [2.75, 3.05) is 11.9 Å². The van der Waals surface area contributed by atoms with Gasteiger partial charge in [-0.2, -0.15) is 0 Å². The Labute approximate surface area is 136 Å². The molecule has 1 aromatic carbocycles. The molecule has 0 saturated heterocycles. The maximum Gasteiger partial charge on any atom is 0.308 e. The second kappa shape index (κ2) is 8.92. The van der Waals surface area contributed by atoms with E-state index >= 15 is 0 Å². The van der Waals surface area contributed by atoms with E-state index < -0.39 is 11.9 Å². The largest absolute Gasteiger partial charge is 0.481 e. The Balaban J connectivity index is 2.56. The van der Waals surface area contributed by atoms with Crippen LogP contribution < -0.4 is 10.6 Å². The molecule has 0 radical (unpaired) electrons. The van der Waals surface area contributed by atoms with Crippen molar-refractivity contribution >= 4 is 23.5 Å². The molecule has 0 bridgehead atoms. The molecule has 6 heteroatoms. The van der Waals surface area contributed by atoms with Crippen molar-refractivity contribution in [3.05, 3.63) is 29.8 Å². The summed E-state index contributed by atoms with van der Waals surface area (Å²) in [5.41, 5.74) is 1.38. The van der Waals surface area contributed by atoms with Gasteiger partial charge in [0.1, 0.15) is 0 Å². The summed E-state index contributed by atoms with van der Waals surface area (Å²) in [5.74, 6) is -1.64. The minimum Gasteiger partial charge on any atom is -0.481 e. The lowest BCUT2D eigenvalue weighted by atomic mass is 9.97. The number of carbonyl (C=O) groups excluding carboxylic acids is 2. The molecule has 0 saturated carbocycles. The van der Waals surface area contributed by atoms with Gasteiger partial charge >= 0.3 is 5.97 Å². The van der Waals surface area contributed by atoms with Gasteiger partial charge in [-0.1, -0.05) is 26.0 Å². The number of carboxylic acid groups (broad SMARTS) is 1. The molecule has 23 heavy (non-hydrogen) atoms. The van der Waals surface area contributed by atoms with Gasteiger partial charge in [0.05, 0.1) is 12.3 Å². The zero-order chi connectivity index (χ0) is 17.4. The van der Waals surface area contributed by atoms with Crippen LogP contribution in [-0.4, -0.2) is 29.4 Å². The van der Waals surface area contributed by atoms with Gasteiger partial charge in [-0.3, -0.25) is 14.4 Å². The van der Waals surface area contributed by atoms with E-state index in [1.807, 2.05) is 13.8 Å². The van der Waals surface area contributed by atoms with Crippen LogP contribution in [0.5, 0.6) is 0 Å². The molecule has 0 aliphatic rings. The van der Waals surface area contributed by atoms with E-state index in [4.69, 9.17) is 5.11 Å². The van der Waals surface area contributed by atoms with E-state index in [0.717, 1.165) is 5.56 Å². The Kier molecular flexibility index (Phi) is 7.25. The van der Waals surface area contributed by atoms with Crippen LogP contribution >= 0.6 is 0 Å². The number of carboxylic acids is 1. The number of hydrogen-bond acceptors (Lipinski definition) is 3. The summed E-state index contributed by atoms with van der Waals surface area (Å²) in [4.78, 5) is 34.2. The van der Waals surface area contributed by atoms with Crippen molar-refractivity contribution in [3.8, 4) is 0 Å². The van der Waals surface area contributed by atoms with Crippen molar-refractivity contribution < 1.29 is 19.5 Å². The van der Waals surface area contributed by atoms with Crippen molar-refractivity contribution in [2.45, 2.75) is 33.6 Å². The molecule has 0 aliphatic heterocycles. The van der Waals surface area contributed by atoms with Crippen LogP contribution in [0.4, 0.5) is 5.69 Å². The number of hydrogen-bond donors (Lipinski definition) is 3. The summed E-state index contributed by atoms with van der Waals surface area (Å²) in [6.45, 7) is 5.44. The van der Waals surface area contributed by atoms with E-state index in [-0.39, 0.29) is 30.7 Å². The highest BCUT2D eigenvalue weighted by atomic mass is 16.4. The predicted octanol–water partition coefficient (Wildman–Crippen LogP) is 2.05. The number of rotatable bonds is 8. The quantitative estimate of drug-likeness (QED) is 0.683. The first-order chi connectivity index (χ1) is 10.8. The maximum absolute atomic E-state index is 12.0. The van der Waals surface area contributed by atoms with Gasteiger partial charge in [0.15, 0.2) is 0 Å². The Bertz CT molecular complexity index is 569. The van der Waals surface area contributed by atoms with E-state index in [0.29, 0.717) is 12.1 Å². The molecule has 0 heterocycles. The monoisotopic (exact) mass is 320 g/mol. The number of carbonyl (C=O) groups is 3. The Morgan fingerprint density at radius 2 is 1.91 bits per heavy atom. The topological polar surface area (TPSA) is 95.5 Å². The fourth-order valence-corrected chi connectivity index (χ4v) is 2.29. The van der Waals surface area contributed by atoms with Gasteiger partial charge in [0.25, 0.3) is 0 Å². The summed E-state index contributed by atoms with van der Waals surface area (Å²) in [6, 6.07) is 7.01. The lowest BCUT2D eigenvalue weighted by Crippen LogP contribution is -2.34. The summed E-state index contributed by atoms with van der Waals surface area (Å²) in [7, 11) is 0. The molecule has 0 aliphatic carbocycles. The second-order valence-corrected chi connectivity index (χ2v) is 6.03. The molecule has 3 N–H and O–H groups in total. The van der Waals surface area contributed by atoms with Crippen molar-refractivity contribution in [3.63, 3.8) is 0 Å². The van der Waals surface area contributed by atoms with Crippen molar-refractivity contribution in [2.24, 2.45) is 11.8 Å². The number of benzene rings is 1. The molecule has 1 aromatic rings. The van der Waals surface area contributed by atoms with Crippen LogP contribution in [-0.2, 0) is 20.8 Å². The van der Waals surface area contributed by atoms with Crippen LogP contribution in [0, 0.1) is 11.8 Å². The summed E-state index contributed by atoms with van der Waals surface area (Å²) < 4.78 is 0. The van der Waals surface area contributed by atoms with Gasteiger partial charge in [-0.15, -0.1) is 0 Å². The Hall–Kier alpha value is -2.37. The minimum absolute atomic E-state index is 0.123. The van der Waals surface area contributed by atoms with Crippen LogP contribution in [0.25, 0.3) is 0 Å². The molecular weight excluding hydrogens is 296 g/mol. The molecule has 126 valence electrons. The molecule has 6 nitrogen and oxygen atoms in total. The summed E-state index contributed by atoms with van der Waals surface area (Å²) in [5, 5.41) is 14.5. The highest BCUT2D eigenvalue weighted by Gasteiger charge is 2.19. The van der Waals surface area contributed by atoms with Gasteiger partial charge in [-0.25, -0.2) is 0 Å². The van der Waals surface area contributed by atoms with Gasteiger partial charge < -0.3 is 15.7 Å². The van der Waals surface area contributed by atoms with Crippen LogP contribution in [0.1, 0.15) is 32.8 Å². The maximum atomic E-state index is 12.0. The zero-order valence-corrected chi connectivity index (χ0v) is 13.8. The zero-order valence-electron chi connectivity index (χ0n) is 13.8. The number of aliphatic carboxylic acids is 1. The molecule has 0 aromatic heterocycles. The molecule has 1 unspecified atom stereocenters. The molecule has 2 amide bonds. The lowest BCUT2D eigenvalue weighted by Gasteiger charge is -2.15. The van der Waals surface area contributed by atoms with Gasteiger partial charge in [-0.05, 0) is 30.0 Å². The lowest BCUT2D eigenvalue weighted by molar-refractivity contribution is -0.142.